The van der Waals surface area contributed by atoms with Crippen LogP contribution in [0, 0.1) is 24.4 Å². The highest BCUT2D eigenvalue weighted by Crippen LogP contribution is 2.22. The third kappa shape index (κ3) is 2.66. The van der Waals surface area contributed by atoms with Gasteiger partial charge in [-0.2, -0.15) is 0 Å². The van der Waals surface area contributed by atoms with Gasteiger partial charge >= 0.3 is 0 Å². The molecule has 0 saturated heterocycles. The van der Waals surface area contributed by atoms with Crippen LogP contribution in [0.25, 0.3) is 0 Å². The maximum atomic E-state index is 13.7. The Kier molecular flexibility index (Phi) is 3.79. The second kappa shape index (κ2) is 5.36. The normalized spacial score (nSPS) is 10.4. The Morgan fingerprint density at radius 1 is 1.00 bits per heavy atom. The minimum atomic E-state index is -0.881. The summed E-state index contributed by atoms with van der Waals surface area (Å²) < 4.78 is 40.1. The lowest BCUT2D eigenvalue weighted by Crippen LogP contribution is -2.28. The summed E-state index contributed by atoms with van der Waals surface area (Å²) in [6.45, 7) is 1.72. The number of hydrogen-bond donors (Lipinski definition) is 0. The van der Waals surface area contributed by atoms with E-state index in [4.69, 9.17) is 0 Å². The molecule has 2 rings (SSSR count). The summed E-state index contributed by atoms with van der Waals surface area (Å²) in [5, 5.41) is 0. The van der Waals surface area contributed by atoms with Gasteiger partial charge in [-0.05, 0) is 31.2 Å². The molecule has 2 aromatic carbocycles. The molecule has 20 heavy (non-hydrogen) atoms. The van der Waals surface area contributed by atoms with Crippen LogP contribution in [-0.2, 0) is 0 Å². The predicted octanol–water partition coefficient (Wildman–Crippen LogP) is 3.69. The van der Waals surface area contributed by atoms with E-state index in [1.54, 1.807) is 6.92 Å². The topological polar surface area (TPSA) is 20.3 Å². The van der Waals surface area contributed by atoms with Gasteiger partial charge in [0.1, 0.15) is 17.5 Å². The molecule has 0 aliphatic rings. The lowest BCUT2D eigenvalue weighted by atomic mass is 10.1. The van der Waals surface area contributed by atoms with Crippen LogP contribution in [-0.4, -0.2) is 13.0 Å². The summed E-state index contributed by atoms with van der Waals surface area (Å²) in [5.41, 5.74) is 0.441. The zero-order valence-corrected chi connectivity index (χ0v) is 11.0. The van der Waals surface area contributed by atoms with Crippen molar-refractivity contribution < 1.29 is 18.0 Å². The second-order valence-corrected chi connectivity index (χ2v) is 4.44. The molecular formula is C15H12F3NO. The lowest BCUT2D eigenvalue weighted by molar-refractivity contribution is 0.0988. The zero-order chi connectivity index (χ0) is 14.9. The van der Waals surface area contributed by atoms with Crippen molar-refractivity contribution in [1.29, 1.82) is 0 Å². The van der Waals surface area contributed by atoms with Gasteiger partial charge in [0.2, 0.25) is 0 Å². The molecule has 0 spiro atoms. The number of halogens is 3. The van der Waals surface area contributed by atoms with Crippen molar-refractivity contribution in [2.45, 2.75) is 6.92 Å². The number of nitrogens with zero attached hydrogens (tertiary/aromatic N) is 1. The number of carbonyl (C=O) groups is 1. The van der Waals surface area contributed by atoms with E-state index in [1.807, 2.05) is 0 Å². The van der Waals surface area contributed by atoms with Crippen molar-refractivity contribution in [2.24, 2.45) is 0 Å². The van der Waals surface area contributed by atoms with Gasteiger partial charge in [0, 0.05) is 13.1 Å². The van der Waals surface area contributed by atoms with Crippen molar-refractivity contribution in [3.8, 4) is 0 Å². The van der Waals surface area contributed by atoms with Gasteiger partial charge in [-0.15, -0.1) is 0 Å². The highest BCUT2D eigenvalue weighted by Gasteiger charge is 2.20. The quantitative estimate of drug-likeness (QED) is 0.821. The Labute approximate surface area is 114 Å². The van der Waals surface area contributed by atoms with Crippen LogP contribution in [0.3, 0.4) is 0 Å². The first-order valence-corrected chi connectivity index (χ1v) is 5.89. The SMILES string of the molecule is Cc1ccc(F)c(C(=O)N(C)c2ccc(F)cc2F)c1. The summed E-state index contributed by atoms with van der Waals surface area (Å²) in [6.07, 6.45) is 0. The number of rotatable bonds is 2. The van der Waals surface area contributed by atoms with Crippen LogP contribution in [0.2, 0.25) is 0 Å². The van der Waals surface area contributed by atoms with E-state index in [0.717, 1.165) is 17.0 Å². The van der Waals surface area contributed by atoms with E-state index in [0.29, 0.717) is 11.6 Å². The summed E-state index contributed by atoms with van der Waals surface area (Å²) >= 11 is 0. The van der Waals surface area contributed by atoms with Crippen LogP contribution in [0.15, 0.2) is 36.4 Å². The summed E-state index contributed by atoms with van der Waals surface area (Å²) in [4.78, 5) is 13.1. The maximum Gasteiger partial charge on any atom is 0.261 e. The Hall–Kier alpha value is -2.30. The van der Waals surface area contributed by atoms with Crippen LogP contribution in [0.1, 0.15) is 15.9 Å². The van der Waals surface area contributed by atoms with Crippen LogP contribution in [0.5, 0.6) is 0 Å². The van der Waals surface area contributed by atoms with Crippen molar-refractivity contribution >= 4 is 11.6 Å². The van der Waals surface area contributed by atoms with E-state index in [2.05, 4.69) is 0 Å². The van der Waals surface area contributed by atoms with Crippen molar-refractivity contribution in [2.75, 3.05) is 11.9 Å². The molecule has 0 radical (unpaired) electrons. The van der Waals surface area contributed by atoms with Crippen molar-refractivity contribution in [1.82, 2.24) is 0 Å². The molecule has 1 amide bonds. The van der Waals surface area contributed by atoms with Gasteiger partial charge < -0.3 is 4.90 Å². The largest absolute Gasteiger partial charge is 0.309 e. The molecule has 104 valence electrons. The summed E-state index contributed by atoms with van der Waals surface area (Å²) in [6, 6.07) is 6.94. The summed E-state index contributed by atoms with van der Waals surface area (Å²) in [5.74, 6) is -3.01. The number of carbonyl (C=O) groups excluding carboxylic acids is 1. The van der Waals surface area contributed by atoms with E-state index in [-0.39, 0.29) is 11.3 Å². The first-order valence-electron chi connectivity index (χ1n) is 5.89. The second-order valence-electron chi connectivity index (χ2n) is 4.44. The van der Waals surface area contributed by atoms with Crippen LogP contribution in [0.4, 0.5) is 18.9 Å². The third-order valence-electron chi connectivity index (χ3n) is 2.93. The molecular weight excluding hydrogens is 267 g/mol. The molecule has 5 heteroatoms. The molecule has 0 saturated carbocycles. The van der Waals surface area contributed by atoms with E-state index >= 15 is 0 Å². The monoisotopic (exact) mass is 279 g/mol. The molecule has 0 aliphatic carbocycles. The van der Waals surface area contributed by atoms with Gasteiger partial charge in [-0.3, -0.25) is 4.79 Å². The summed E-state index contributed by atoms with van der Waals surface area (Å²) in [7, 11) is 1.31. The Bertz CT molecular complexity index is 670. The first-order chi connectivity index (χ1) is 9.40. The molecule has 0 aromatic heterocycles. The molecule has 0 bridgehead atoms. The number of amides is 1. The van der Waals surface area contributed by atoms with Crippen LogP contribution >= 0.6 is 0 Å². The molecule has 0 unspecified atom stereocenters. The molecule has 0 fully saturated rings. The van der Waals surface area contributed by atoms with E-state index < -0.39 is 23.4 Å². The Balaban J connectivity index is 2.40. The zero-order valence-electron chi connectivity index (χ0n) is 11.0. The fourth-order valence-corrected chi connectivity index (χ4v) is 1.85. The van der Waals surface area contributed by atoms with Crippen molar-refractivity contribution in [3.05, 3.63) is 65.0 Å². The van der Waals surface area contributed by atoms with E-state index in [9.17, 15) is 18.0 Å². The molecule has 0 N–H and O–H groups in total. The number of aryl methyl sites for hydroxylation is 1. The van der Waals surface area contributed by atoms with Gasteiger partial charge in [-0.1, -0.05) is 11.6 Å². The molecule has 2 nitrogen and oxygen atoms in total. The fraction of sp³-hybridized carbons (Fsp3) is 0.133. The molecule has 2 aromatic rings. The minimum absolute atomic E-state index is 0.114. The lowest BCUT2D eigenvalue weighted by Gasteiger charge is -2.18. The average Bonchev–Trinajstić information content (AvgIpc) is 2.40. The smallest absolute Gasteiger partial charge is 0.261 e. The van der Waals surface area contributed by atoms with Gasteiger partial charge in [0.25, 0.3) is 5.91 Å². The highest BCUT2D eigenvalue weighted by atomic mass is 19.1. The van der Waals surface area contributed by atoms with Crippen molar-refractivity contribution in [3.63, 3.8) is 0 Å². The van der Waals surface area contributed by atoms with Crippen LogP contribution < -0.4 is 4.90 Å². The molecule has 0 heterocycles. The van der Waals surface area contributed by atoms with E-state index in [1.165, 1.54) is 25.2 Å². The number of hydrogen-bond acceptors (Lipinski definition) is 1. The van der Waals surface area contributed by atoms with Gasteiger partial charge in [0.15, 0.2) is 0 Å². The maximum absolute atomic E-state index is 13.7. The third-order valence-corrected chi connectivity index (χ3v) is 2.93. The number of benzene rings is 2. The Morgan fingerprint density at radius 3 is 2.35 bits per heavy atom. The Morgan fingerprint density at radius 2 is 1.70 bits per heavy atom. The predicted molar refractivity (Wildman–Crippen MR) is 70.2 cm³/mol. The minimum Gasteiger partial charge on any atom is -0.309 e. The molecule has 0 aliphatic heterocycles. The van der Waals surface area contributed by atoms with Gasteiger partial charge in [-0.25, -0.2) is 13.2 Å². The highest BCUT2D eigenvalue weighted by molar-refractivity contribution is 6.06. The fourth-order valence-electron chi connectivity index (χ4n) is 1.85. The molecule has 0 atom stereocenters. The van der Waals surface area contributed by atoms with Gasteiger partial charge in [0.05, 0.1) is 11.3 Å². The average molecular weight is 279 g/mol. The first kappa shape index (κ1) is 14.1. The standard InChI is InChI=1S/C15H12F3NO/c1-9-3-5-12(17)11(7-9)15(20)19(2)14-6-4-10(16)8-13(14)18/h3-8H,1-2H3. The number of anilines is 1.